The number of nitrogens with zero attached hydrogens (tertiary/aromatic N) is 1. The fourth-order valence-corrected chi connectivity index (χ4v) is 4.09. The van der Waals surface area contributed by atoms with E-state index in [0.29, 0.717) is 17.3 Å². The van der Waals surface area contributed by atoms with Gasteiger partial charge in [-0.15, -0.1) is 0 Å². The van der Waals surface area contributed by atoms with Crippen LogP contribution >= 0.6 is 0 Å². The van der Waals surface area contributed by atoms with Gasteiger partial charge < -0.3 is 13.9 Å². The molecule has 9 heteroatoms. The predicted molar refractivity (Wildman–Crippen MR) is 121 cm³/mol. The fraction of sp³-hybridized carbons (Fsp3) is 0.0833. The molecule has 1 aromatic heterocycles. The van der Waals surface area contributed by atoms with Crippen molar-refractivity contribution in [2.45, 2.75) is 11.5 Å². The molecule has 1 heterocycles. The Morgan fingerprint density at radius 3 is 2.39 bits per heavy atom. The molecule has 0 radical (unpaired) electrons. The molecule has 168 valence electrons. The van der Waals surface area contributed by atoms with E-state index in [-0.39, 0.29) is 22.8 Å². The first-order valence-corrected chi connectivity index (χ1v) is 11.4. The number of esters is 1. The van der Waals surface area contributed by atoms with Gasteiger partial charge in [-0.05, 0) is 48.5 Å². The lowest BCUT2D eigenvalue weighted by Gasteiger charge is -2.12. The lowest BCUT2D eigenvalue weighted by atomic mass is 10.2. The summed E-state index contributed by atoms with van der Waals surface area (Å²) >= 11 is 0. The van der Waals surface area contributed by atoms with Crippen LogP contribution in [0, 0.1) is 0 Å². The van der Waals surface area contributed by atoms with E-state index in [9.17, 15) is 13.2 Å². The minimum Gasteiger partial charge on any atom is -0.497 e. The van der Waals surface area contributed by atoms with Crippen LogP contribution in [0.15, 0.2) is 94.4 Å². The molecule has 0 atom stereocenters. The molecule has 0 saturated heterocycles. The Bertz CT molecular complexity index is 1350. The lowest BCUT2D eigenvalue weighted by Crippen LogP contribution is -2.16. The SMILES string of the molecule is COc1ccc(S(=O)(=O)Nc2ccccc2C(=O)OCc2coc(-c3ccccc3)n2)cc1. The normalized spacial score (nSPS) is 11.1. The number of nitrogens with one attached hydrogen (secondary N) is 1. The number of carbonyl (C=O) groups excluding carboxylic acids is 1. The van der Waals surface area contributed by atoms with Crippen LogP contribution in [-0.4, -0.2) is 26.5 Å². The summed E-state index contributed by atoms with van der Waals surface area (Å²) in [7, 11) is -2.44. The lowest BCUT2D eigenvalue weighted by molar-refractivity contribution is 0.0469. The molecule has 3 aromatic carbocycles. The highest BCUT2D eigenvalue weighted by atomic mass is 32.2. The highest BCUT2D eigenvalue weighted by Gasteiger charge is 2.20. The van der Waals surface area contributed by atoms with Crippen molar-refractivity contribution < 1.29 is 27.1 Å². The Labute approximate surface area is 190 Å². The maximum atomic E-state index is 12.8. The first kappa shape index (κ1) is 22.1. The molecule has 0 fully saturated rings. The molecule has 0 saturated carbocycles. The summed E-state index contributed by atoms with van der Waals surface area (Å²) in [6, 6.07) is 21.4. The van der Waals surface area contributed by atoms with E-state index in [1.165, 1.54) is 49.8 Å². The second kappa shape index (κ2) is 9.58. The van der Waals surface area contributed by atoms with Crippen molar-refractivity contribution in [3.05, 3.63) is 96.4 Å². The molecule has 0 amide bonds. The van der Waals surface area contributed by atoms with Crippen molar-refractivity contribution in [2.24, 2.45) is 0 Å². The number of rotatable bonds is 8. The van der Waals surface area contributed by atoms with Gasteiger partial charge in [0.15, 0.2) is 0 Å². The van der Waals surface area contributed by atoms with E-state index in [1.807, 2.05) is 30.3 Å². The number of aromatic nitrogens is 1. The molecule has 1 N–H and O–H groups in total. The summed E-state index contributed by atoms with van der Waals surface area (Å²) < 4.78 is 43.8. The molecule has 4 rings (SSSR count). The summed E-state index contributed by atoms with van der Waals surface area (Å²) in [6.07, 6.45) is 1.41. The number of oxazole rings is 1. The quantitative estimate of drug-likeness (QED) is 0.382. The number of hydrogen-bond donors (Lipinski definition) is 1. The Hall–Kier alpha value is -4.11. The summed E-state index contributed by atoms with van der Waals surface area (Å²) in [6.45, 7) is -0.130. The highest BCUT2D eigenvalue weighted by Crippen LogP contribution is 2.23. The fourth-order valence-electron chi connectivity index (χ4n) is 3.01. The number of para-hydroxylation sites is 1. The third-order valence-corrected chi connectivity index (χ3v) is 6.07. The molecule has 0 aliphatic rings. The molecule has 8 nitrogen and oxygen atoms in total. The van der Waals surface area contributed by atoms with Crippen LogP contribution in [-0.2, 0) is 21.4 Å². The zero-order chi connectivity index (χ0) is 23.3. The average Bonchev–Trinajstić information content (AvgIpc) is 3.32. The third kappa shape index (κ3) is 5.21. The Kier molecular flexibility index (Phi) is 6.41. The van der Waals surface area contributed by atoms with Gasteiger partial charge in [0.25, 0.3) is 10.0 Å². The van der Waals surface area contributed by atoms with E-state index in [4.69, 9.17) is 13.9 Å². The molecule has 0 aliphatic heterocycles. The van der Waals surface area contributed by atoms with Crippen LogP contribution in [0.1, 0.15) is 16.1 Å². The number of ether oxygens (including phenoxy) is 2. The van der Waals surface area contributed by atoms with Crippen molar-refractivity contribution in [1.82, 2.24) is 4.98 Å². The number of carbonyl (C=O) groups is 1. The third-order valence-electron chi connectivity index (χ3n) is 4.68. The number of anilines is 1. The summed E-state index contributed by atoms with van der Waals surface area (Å²) in [5.74, 6) is 0.239. The van der Waals surface area contributed by atoms with E-state index >= 15 is 0 Å². The van der Waals surface area contributed by atoms with Gasteiger partial charge in [0, 0.05) is 5.56 Å². The zero-order valence-corrected chi connectivity index (χ0v) is 18.4. The smallest absolute Gasteiger partial charge is 0.340 e. The van der Waals surface area contributed by atoms with Gasteiger partial charge in [-0.1, -0.05) is 30.3 Å². The molecule has 0 spiro atoms. The summed E-state index contributed by atoms with van der Waals surface area (Å²) in [4.78, 5) is 17.0. The molecule has 0 aliphatic carbocycles. The van der Waals surface area contributed by atoms with E-state index < -0.39 is 16.0 Å². The predicted octanol–water partition coefficient (Wildman–Crippen LogP) is 4.51. The number of sulfonamides is 1. The first-order valence-electron chi connectivity index (χ1n) is 9.89. The van der Waals surface area contributed by atoms with Crippen molar-refractivity contribution in [3.63, 3.8) is 0 Å². The van der Waals surface area contributed by atoms with E-state index in [0.717, 1.165) is 5.56 Å². The minimum atomic E-state index is -3.93. The zero-order valence-electron chi connectivity index (χ0n) is 17.6. The number of benzene rings is 3. The van der Waals surface area contributed by atoms with Gasteiger partial charge in [0.2, 0.25) is 5.89 Å². The van der Waals surface area contributed by atoms with Crippen LogP contribution < -0.4 is 9.46 Å². The average molecular weight is 464 g/mol. The largest absolute Gasteiger partial charge is 0.497 e. The van der Waals surface area contributed by atoms with Crippen LogP contribution in [0.2, 0.25) is 0 Å². The monoisotopic (exact) mass is 464 g/mol. The van der Waals surface area contributed by atoms with E-state index in [1.54, 1.807) is 12.1 Å². The van der Waals surface area contributed by atoms with Crippen molar-refractivity contribution in [2.75, 3.05) is 11.8 Å². The summed E-state index contributed by atoms with van der Waals surface area (Å²) in [5, 5.41) is 0. The van der Waals surface area contributed by atoms with Gasteiger partial charge in [-0.3, -0.25) is 4.72 Å². The van der Waals surface area contributed by atoms with E-state index in [2.05, 4.69) is 9.71 Å². The molecule has 0 bridgehead atoms. The maximum Gasteiger partial charge on any atom is 0.340 e. The van der Waals surface area contributed by atoms with Crippen molar-refractivity contribution >= 4 is 21.7 Å². The van der Waals surface area contributed by atoms with Gasteiger partial charge in [0.05, 0.1) is 23.3 Å². The maximum absolute atomic E-state index is 12.8. The molecular weight excluding hydrogens is 444 g/mol. The van der Waals surface area contributed by atoms with Gasteiger partial charge >= 0.3 is 5.97 Å². The van der Waals surface area contributed by atoms with Gasteiger partial charge in [-0.2, -0.15) is 0 Å². The standard InChI is InChI=1S/C24H20N2O6S/c1-30-19-11-13-20(14-12-19)33(28,29)26-22-10-6-5-9-21(22)24(27)32-16-18-15-31-23(25-18)17-7-3-2-4-8-17/h2-15,26H,16H2,1H3. The van der Waals surface area contributed by atoms with Crippen LogP contribution in [0.4, 0.5) is 5.69 Å². The number of methoxy groups -OCH3 is 1. The van der Waals surface area contributed by atoms with Crippen molar-refractivity contribution in [3.8, 4) is 17.2 Å². The Morgan fingerprint density at radius 2 is 1.67 bits per heavy atom. The Morgan fingerprint density at radius 1 is 0.970 bits per heavy atom. The summed E-state index contributed by atoms with van der Waals surface area (Å²) in [5.41, 5.74) is 1.40. The van der Waals surface area contributed by atoms with Gasteiger partial charge in [0.1, 0.15) is 24.3 Å². The second-order valence-corrected chi connectivity index (χ2v) is 8.60. The minimum absolute atomic E-state index is 0.0301. The van der Waals surface area contributed by atoms with Gasteiger partial charge in [-0.25, -0.2) is 18.2 Å². The second-order valence-electron chi connectivity index (χ2n) is 6.91. The molecule has 0 unspecified atom stereocenters. The van der Waals surface area contributed by atoms with Crippen LogP contribution in [0.3, 0.4) is 0 Å². The topological polar surface area (TPSA) is 108 Å². The molecular formula is C24H20N2O6S. The molecule has 4 aromatic rings. The van der Waals surface area contributed by atoms with Crippen LogP contribution in [0.25, 0.3) is 11.5 Å². The van der Waals surface area contributed by atoms with Crippen LogP contribution in [0.5, 0.6) is 5.75 Å². The highest BCUT2D eigenvalue weighted by molar-refractivity contribution is 7.92. The first-order chi connectivity index (χ1) is 16.0. The van der Waals surface area contributed by atoms with Crippen molar-refractivity contribution in [1.29, 1.82) is 0 Å². The Balaban J connectivity index is 1.46. The molecule has 33 heavy (non-hydrogen) atoms. The number of hydrogen-bond acceptors (Lipinski definition) is 7.